The topological polar surface area (TPSA) is 92.5 Å². The number of carbonyl (C=O) groups excluding carboxylic acids is 1. The molecule has 1 aromatic heterocycles. The number of aryl methyl sites for hydroxylation is 1. The van der Waals surface area contributed by atoms with E-state index in [1.807, 2.05) is 6.92 Å². The average molecular weight is 389 g/mol. The number of rotatable bonds is 5. The summed E-state index contributed by atoms with van der Waals surface area (Å²) in [6.45, 7) is 2.69. The molecule has 144 valence electrons. The molecule has 0 bridgehead atoms. The predicted octanol–water partition coefficient (Wildman–Crippen LogP) is 2.44. The van der Waals surface area contributed by atoms with Gasteiger partial charge in [0.05, 0.1) is 4.90 Å². The standard InChI is InChI=1S/C19H23N3O4S/c1-13-2-6-16(7-3-13)27(24,25)22-10-8-15(9-11-22)20-19(23)17-12-18(26-21-17)14-4-5-14/h2-3,6-7,12,14-15H,4-5,8-11H2,1H3,(H,20,23). The van der Waals surface area contributed by atoms with E-state index in [9.17, 15) is 13.2 Å². The Hall–Kier alpha value is -2.19. The molecule has 1 amide bonds. The molecule has 2 fully saturated rings. The quantitative estimate of drug-likeness (QED) is 0.848. The summed E-state index contributed by atoms with van der Waals surface area (Å²) >= 11 is 0. The third-order valence-corrected chi connectivity index (χ3v) is 7.10. The van der Waals surface area contributed by atoms with Gasteiger partial charge >= 0.3 is 0 Å². The highest BCUT2D eigenvalue weighted by molar-refractivity contribution is 7.89. The number of nitrogens with zero attached hydrogens (tertiary/aromatic N) is 2. The second-order valence-corrected chi connectivity index (χ2v) is 9.29. The van der Waals surface area contributed by atoms with E-state index in [0.717, 1.165) is 24.2 Å². The number of hydrogen-bond acceptors (Lipinski definition) is 5. The Bertz CT molecular complexity index is 924. The number of aromatic nitrogens is 1. The molecule has 2 heterocycles. The molecular formula is C19H23N3O4S. The average Bonchev–Trinajstić information content (AvgIpc) is 3.39. The van der Waals surface area contributed by atoms with Gasteiger partial charge in [0.15, 0.2) is 5.69 Å². The lowest BCUT2D eigenvalue weighted by atomic mass is 10.1. The number of benzene rings is 1. The lowest BCUT2D eigenvalue weighted by Gasteiger charge is -2.31. The normalized spacial score (nSPS) is 19.1. The van der Waals surface area contributed by atoms with E-state index in [0.29, 0.717) is 42.4 Å². The third-order valence-electron chi connectivity index (χ3n) is 5.19. The molecule has 4 rings (SSSR count). The van der Waals surface area contributed by atoms with Gasteiger partial charge < -0.3 is 9.84 Å². The molecule has 1 saturated carbocycles. The van der Waals surface area contributed by atoms with Crippen LogP contribution in [0.25, 0.3) is 0 Å². The van der Waals surface area contributed by atoms with Crippen LogP contribution in [0.15, 0.2) is 39.8 Å². The Morgan fingerprint density at radius 2 is 1.81 bits per heavy atom. The lowest BCUT2D eigenvalue weighted by Crippen LogP contribution is -2.46. The second kappa shape index (κ2) is 7.09. The molecule has 0 unspecified atom stereocenters. The van der Waals surface area contributed by atoms with Gasteiger partial charge in [0.2, 0.25) is 10.0 Å². The van der Waals surface area contributed by atoms with Crippen LogP contribution < -0.4 is 5.32 Å². The van der Waals surface area contributed by atoms with Crippen LogP contribution in [0.2, 0.25) is 0 Å². The number of nitrogens with one attached hydrogen (secondary N) is 1. The van der Waals surface area contributed by atoms with Crippen LogP contribution in [0.4, 0.5) is 0 Å². The van der Waals surface area contributed by atoms with E-state index in [2.05, 4.69) is 10.5 Å². The van der Waals surface area contributed by atoms with Crippen LogP contribution in [-0.2, 0) is 10.0 Å². The highest BCUT2D eigenvalue weighted by Gasteiger charge is 2.31. The third kappa shape index (κ3) is 3.91. The van der Waals surface area contributed by atoms with E-state index >= 15 is 0 Å². The highest BCUT2D eigenvalue weighted by Crippen LogP contribution is 2.40. The minimum Gasteiger partial charge on any atom is -0.360 e. The molecule has 1 N–H and O–H groups in total. The Morgan fingerprint density at radius 1 is 1.15 bits per heavy atom. The molecule has 0 radical (unpaired) electrons. The van der Waals surface area contributed by atoms with Crippen LogP contribution in [-0.4, -0.2) is 42.9 Å². The molecule has 1 saturated heterocycles. The van der Waals surface area contributed by atoms with Crippen molar-refractivity contribution < 1.29 is 17.7 Å². The minimum atomic E-state index is -3.49. The van der Waals surface area contributed by atoms with Gasteiger partial charge in [-0.05, 0) is 44.7 Å². The molecule has 2 aliphatic rings. The summed E-state index contributed by atoms with van der Waals surface area (Å²) in [6.07, 6.45) is 3.32. The van der Waals surface area contributed by atoms with Crippen molar-refractivity contribution >= 4 is 15.9 Å². The van der Waals surface area contributed by atoms with Crippen molar-refractivity contribution in [2.24, 2.45) is 0 Å². The van der Waals surface area contributed by atoms with E-state index in [-0.39, 0.29) is 11.9 Å². The van der Waals surface area contributed by atoms with Crippen molar-refractivity contribution in [1.82, 2.24) is 14.8 Å². The maximum atomic E-state index is 12.7. The van der Waals surface area contributed by atoms with Gasteiger partial charge in [0, 0.05) is 31.1 Å². The summed E-state index contributed by atoms with van der Waals surface area (Å²) in [4.78, 5) is 12.6. The number of sulfonamides is 1. The van der Waals surface area contributed by atoms with Gasteiger partial charge in [0.1, 0.15) is 5.76 Å². The molecule has 2 aromatic rings. The fraction of sp³-hybridized carbons (Fsp3) is 0.474. The van der Waals surface area contributed by atoms with Crippen LogP contribution in [0.3, 0.4) is 0 Å². The minimum absolute atomic E-state index is 0.0666. The zero-order valence-electron chi connectivity index (χ0n) is 15.2. The fourth-order valence-electron chi connectivity index (χ4n) is 3.32. The first-order chi connectivity index (χ1) is 12.9. The van der Waals surface area contributed by atoms with Crippen molar-refractivity contribution in [1.29, 1.82) is 0 Å². The molecule has 27 heavy (non-hydrogen) atoms. The van der Waals surface area contributed by atoms with Crippen LogP contribution in [0.5, 0.6) is 0 Å². The molecule has 7 nitrogen and oxygen atoms in total. The summed E-state index contributed by atoms with van der Waals surface area (Å²) in [5.41, 5.74) is 1.32. The van der Waals surface area contributed by atoms with Gasteiger partial charge in [-0.3, -0.25) is 4.79 Å². The predicted molar refractivity (Wildman–Crippen MR) is 98.9 cm³/mol. The zero-order valence-corrected chi connectivity index (χ0v) is 16.0. The van der Waals surface area contributed by atoms with E-state index in [1.54, 1.807) is 30.3 Å². The van der Waals surface area contributed by atoms with Crippen LogP contribution in [0, 0.1) is 6.92 Å². The summed E-state index contributed by atoms with van der Waals surface area (Å²) in [7, 11) is -3.49. The summed E-state index contributed by atoms with van der Waals surface area (Å²) in [5, 5.41) is 6.79. The second-order valence-electron chi connectivity index (χ2n) is 7.35. The van der Waals surface area contributed by atoms with E-state index in [4.69, 9.17) is 4.52 Å². The first-order valence-corrected chi connectivity index (χ1v) is 10.7. The van der Waals surface area contributed by atoms with E-state index in [1.165, 1.54) is 4.31 Å². The molecule has 0 atom stereocenters. The van der Waals surface area contributed by atoms with Crippen molar-refractivity contribution in [2.75, 3.05) is 13.1 Å². The van der Waals surface area contributed by atoms with Crippen molar-refractivity contribution in [2.45, 2.75) is 49.5 Å². The van der Waals surface area contributed by atoms with Crippen molar-refractivity contribution in [3.05, 3.63) is 47.3 Å². The number of piperidine rings is 1. The zero-order chi connectivity index (χ0) is 19.0. The largest absolute Gasteiger partial charge is 0.360 e. The summed E-state index contributed by atoms with van der Waals surface area (Å²) in [5.74, 6) is 0.930. The Labute approximate surface area is 158 Å². The van der Waals surface area contributed by atoms with Gasteiger partial charge in [0.25, 0.3) is 5.91 Å². The molecule has 1 aliphatic heterocycles. The van der Waals surface area contributed by atoms with Crippen LogP contribution in [0.1, 0.15) is 53.4 Å². The van der Waals surface area contributed by atoms with Gasteiger partial charge in [-0.1, -0.05) is 22.9 Å². The molecule has 8 heteroatoms. The van der Waals surface area contributed by atoms with Gasteiger partial charge in [-0.25, -0.2) is 8.42 Å². The monoisotopic (exact) mass is 389 g/mol. The Balaban J connectivity index is 1.34. The highest BCUT2D eigenvalue weighted by atomic mass is 32.2. The van der Waals surface area contributed by atoms with Crippen LogP contribution >= 0.6 is 0 Å². The van der Waals surface area contributed by atoms with Gasteiger partial charge in [-0.15, -0.1) is 0 Å². The van der Waals surface area contributed by atoms with Gasteiger partial charge in [-0.2, -0.15) is 4.31 Å². The number of carbonyl (C=O) groups is 1. The molecule has 1 aromatic carbocycles. The Kier molecular flexibility index (Phi) is 4.77. The number of amides is 1. The van der Waals surface area contributed by atoms with E-state index < -0.39 is 10.0 Å². The summed E-state index contributed by atoms with van der Waals surface area (Å²) < 4.78 is 32.2. The maximum absolute atomic E-state index is 12.7. The molecule has 0 spiro atoms. The fourth-order valence-corrected chi connectivity index (χ4v) is 4.79. The van der Waals surface area contributed by atoms with Crippen molar-refractivity contribution in [3.8, 4) is 0 Å². The first-order valence-electron chi connectivity index (χ1n) is 9.28. The molecular weight excluding hydrogens is 366 g/mol. The summed E-state index contributed by atoms with van der Waals surface area (Å²) in [6, 6.07) is 8.52. The maximum Gasteiger partial charge on any atom is 0.273 e. The first kappa shape index (κ1) is 18.2. The molecule has 1 aliphatic carbocycles. The lowest BCUT2D eigenvalue weighted by molar-refractivity contribution is 0.0914. The smallest absolute Gasteiger partial charge is 0.273 e. The number of hydrogen-bond donors (Lipinski definition) is 1. The Morgan fingerprint density at radius 3 is 2.44 bits per heavy atom. The SMILES string of the molecule is Cc1ccc(S(=O)(=O)N2CCC(NC(=O)c3cc(C4CC4)on3)CC2)cc1. The van der Waals surface area contributed by atoms with Crippen molar-refractivity contribution in [3.63, 3.8) is 0 Å².